The predicted molar refractivity (Wildman–Crippen MR) is 73.7 cm³/mol. The van der Waals surface area contributed by atoms with Crippen LogP contribution in [0.1, 0.15) is 13.3 Å². The Morgan fingerprint density at radius 2 is 2.26 bits per heavy atom. The molecule has 1 saturated heterocycles. The Balaban J connectivity index is 1.87. The van der Waals surface area contributed by atoms with E-state index in [2.05, 4.69) is 6.58 Å². The van der Waals surface area contributed by atoms with E-state index < -0.39 is 41.6 Å². The minimum atomic E-state index is -1.78. The fourth-order valence-electron chi connectivity index (χ4n) is 3.94. The van der Waals surface area contributed by atoms with Gasteiger partial charge in [-0.3, -0.25) is 9.69 Å². The highest BCUT2D eigenvalue weighted by Crippen LogP contribution is 2.66. The first-order valence-electron chi connectivity index (χ1n) is 7.53. The minimum Gasteiger partial charge on any atom is -0.466 e. The fourth-order valence-corrected chi connectivity index (χ4v) is 3.94. The van der Waals surface area contributed by atoms with Crippen molar-refractivity contribution in [3.05, 3.63) is 12.7 Å². The Bertz CT molecular complexity index is 566. The third-order valence-corrected chi connectivity index (χ3v) is 4.84. The van der Waals surface area contributed by atoms with Crippen LogP contribution in [0.4, 0.5) is 9.18 Å². The lowest BCUT2D eigenvalue weighted by Gasteiger charge is -2.33. The molecular formula is C15H18FNO6. The summed E-state index contributed by atoms with van der Waals surface area (Å²) in [6, 6.07) is 0. The molecule has 5 unspecified atom stereocenters. The van der Waals surface area contributed by atoms with Gasteiger partial charge in [-0.05, 0) is 19.3 Å². The molecule has 1 aliphatic heterocycles. The number of halogens is 1. The lowest BCUT2D eigenvalue weighted by Crippen LogP contribution is -2.58. The van der Waals surface area contributed by atoms with E-state index in [-0.39, 0.29) is 32.3 Å². The Kier molecular flexibility index (Phi) is 3.77. The number of carbonyl (C=O) groups excluding carboxylic acids is 3. The van der Waals surface area contributed by atoms with Gasteiger partial charge in [-0.15, -0.1) is 0 Å². The maximum absolute atomic E-state index is 14.6. The molecule has 0 aromatic carbocycles. The molecule has 126 valence electrons. The van der Waals surface area contributed by atoms with Crippen molar-refractivity contribution in [2.45, 2.75) is 25.1 Å². The van der Waals surface area contributed by atoms with E-state index in [0.29, 0.717) is 0 Å². The van der Waals surface area contributed by atoms with E-state index in [9.17, 15) is 18.8 Å². The summed E-state index contributed by atoms with van der Waals surface area (Å²) in [5.41, 5.74) is -1.78. The normalized spacial score (nSPS) is 37.3. The molecule has 8 heteroatoms. The van der Waals surface area contributed by atoms with Crippen LogP contribution in [-0.4, -0.2) is 54.6 Å². The molecule has 0 bridgehead atoms. The van der Waals surface area contributed by atoms with Crippen LogP contribution >= 0.6 is 0 Å². The number of esters is 2. The number of carbonyl (C=O) groups is 3. The van der Waals surface area contributed by atoms with Gasteiger partial charge in [-0.2, -0.15) is 0 Å². The minimum absolute atomic E-state index is 0.0223. The average molecular weight is 327 g/mol. The number of cyclic esters (lactones) is 1. The molecule has 2 saturated carbocycles. The molecule has 0 radical (unpaired) electrons. The van der Waals surface area contributed by atoms with Crippen molar-refractivity contribution < 1.29 is 33.0 Å². The lowest BCUT2D eigenvalue weighted by atomic mass is 9.88. The molecule has 3 fully saturated rings. The number of rotatable bonds is 4. The highest BCUT2D eigenvalue weighted by Gasteiger charge is 2.81. The summed E-state index contributed by atoms with van der Waals surface area (Å²) >= 11 is 0. The van der Waals surface area contributed by atoms with Crippen molar-refractivity contribution in [3.63, 3.8) is 0 Å². The molecule has 3 rings (SSSR count). The second kappa shape index (κ2) is 5.50. The van der Waals surface area contributed by atoms with Crippen LogP contribution in [-0.2, 0) is 23.8 Å². The van der Waals surface area contributed by atoms with E-state index in [0.717, 1.165) is 4.90 Å². The van der Waals surface area contributed by atoms with Crippen LogP contribution in [0.2, 0.25) is 0 Å². The van der Waals surface area contributed by atoms with Crippen molar-refractivity contribution >= 4 is 18.0 Å². The number of fused-ring (bicyclic) bond motifs is 2. The SMILES string of the molecule is C=CCOC(=O)N1COC(=O)C12C(F)CC1C(C(=O)OCC)C12. The zero-order chi connectivity index (χ0) is 16.8. The van der Waals surface area contributed by atoms with Crippen LogP contribution in [0, 0.1) is 17.8 Å². The Hall–Kier alpha value is -2.12. The summed E-state index contributed by atoms with van der Waals surface area (Å²) in [4.78, 5) is 37.4. The summed E-state index contributed by atoms with van der Waals surface area (Å²) in [5, 5.41) is 0. The summed E-state index contributed by atoms with van der Waals surface area (Å²) in [6.45, 7) is 4.86. The fraction of sp³-hybridized carbons (Fsp3) is 0.667. The van der Waals surface area contributed by atoms with Gasteiger partial charge in [-0.1, -0.05) is 12.7 Å². The molecule has 0 N–H and O–H groups in total. The van der Waals surface area contributed by atoms with Crippen LogP contribution in [0.3, 0.4) is 0 Å². The largest absolute Gasteiger partial charge is 0.466 e. The quantitative estimate of drug-likeness (QED) is 0.436. The van der Waals surface area contributed by atoms with Gasteiger partial charge in [0.1, 0.15) is 12.8 Å². The number of alkyl halides is 1. The maximum Gasteiger partial charge on any atom is 0.413 e. The molecule has 23 heavy (non-hydrogen) atoms. The molecule has 5 atom stereocenters. The van der Waals surface area contributed by atoms with Crippen LogP contribution in [0.25, 0.3) is 0 Å². The highest BCUT2D eigenvalue weighted by molar-refractivity contribution is 5.93. The molecule has 0 aromatic heterocycles. The van der Waals surface area contributed by atoms with Gasteiger partial charge in [0.2, 0.25) is 0 Å². The Labute approximate surface area is 132 Å². The number of amides is 1. The molecule has 1 heterocycles. The molecular weight excluding hydrogens is 309 g/mol. The van der Waals surface area contributed by atoms with Gasteiger partial charge in [0.15, 0.2) is 12.3 Å². The second-order valence-corrected chi connectivity index (χ2v) is 5.85. The predicted octanol–water partition coefficient (Wildman–Crippen LogP) is 1.03. The third-order valence-electron chi connectivity index (χ3n) is 4.84. The number of ether oxygens (including phenoxy) is 3. The summed E-state index contributed by atoms with van der Waals surface area (Å²) < 4.78 is 29.5. The molecule has 3 aliphatic rings. The van der Waals surface area contributed by atoms with Gasteiger partial charge in [-0.25, -0.2) is 14.0 Å². The first kappa shape index (κ1) is 15.8. The van der Waals surface area contributed by atoms with Gasteiger partial charge >= 0.3 is 18.0 Å². The van der Waals surface area contributed by atoms with Crippen molar-refractivity contribution in [2.24, 2.45) is 17.8 Å². The lowest BCUT2D eigenvalue weighted by molar-refractivity contribution is -0.149. The zero-order valence-electron chi connectivity index (χ0n) is 12.7. The van der Waals surface area contributed by atoms with E-state index in [4.69, 9.17) is 14.2 Å². The number of nitrogens with zero attached hydrogens (tertiary/aromatic N) is 1. The molecule has 1 amide bonds. The van der Waals surface area contributed by atoms with E-state index in [1.807, 2.05) is 0 Å². The van der Waals surface area contributed by atoms with Crippen LogP contribution in [0.5, 0.6) is 0 Å². The summed E-state index contributed by atoms with van der Waals surface area (Å²) in [6.07, 6.45) is -1.05. The van der Waals surface area contributed by atoms with E-state index in [1.54, 1.807) is 6.92 Å². The van der Waals surface area contributed by atoms with Crippen molar-refractivity contribution in [2.75, 3.05) is 19.9 Å². The zero-order valence-corrected chi connectivity index (χ0v) is 12.7. The van der Waals surface area contributed by atoms with E-state index >= 15 is 0 Å². The topological polar surface area (TPSA) is 82.1 Å². The van der Waals surface area contributed by atoms with Crippen LogP contribution < -0.4 is 0 Å². The van der Waals surface area contributed by atoms with Gasteiger partial charge in [0.05, 0.1) is 12.5 Å². The Morgan fingerprint density at radius 1 is 1.52 bits per heavy atom. The summed E-state index contributed by atoms with van der Waals surface area (Å²) in [5.74, 6) is -2.80. The molecule has 7 nitrogen and oxygen atoms in total. The first-order chi connectivity index (χ1) is 11.0. The van der Waals surface area contributed by atoms with Crippen molar-refractivity contribution in [1.29, 1.82) is 0 Å². The van der Waals surface area contributed by atoms with Gasteiger partial charge in [0, 0.05) is 5.92 Å². The van der Waals surface area contributed by atoms with Crippen molar-refractivity contribution in [1.82, 2.24) is 4.90 Å². The third kappa shape index (κ3) is 2.04. The van der Waals surface area contributed by atoms with Crippen LogP contribution in [0.15, 0.2) is 12.7 Å². The van der Waals surface area contributed by atoms with Crippen molar-refractivity contribution in [3.8, 4) is 0 Å². The molecule has 0 aromatic rings. The Morgan fingerprint density at radius 3 is 2.91 bits per heavy atom. The van der Waals surface area contributed by atoms with E-state index in [1.165, 1.54) is 6.08 Å². The highest BCUT2D eigenvalue weighted by atomic mass is 19.1. The first-order valence-corrected chi connectivity index (χ1v) is 7.53. The summed E-state index contributed by atoms with van der Waals surface area (Å²) in [7, 11) is 0. The molecule has 2 aliphatic carbocycles. The number of hydrogen-bond acceptors (Lipinski definition) is 6. The monoisotopic (exact) mass is 327 g/mol. The van der Waals surface area contributed by atoms with Gasteiger partial charge < -0.3 is 14.2 Å². The second-order valence-electron chi connectivity index (χ2n) is 5.85. The average Bonchev–Trinajstić information content (AvgIpc) is 3.00. The standard InChI is InChI=1S/C15H18FNO6/c1-3-5-22-14(20)17-7-23-13(19)15(17)9(16)6-8-10(11(8)15)12(18)21-4-2/h3,8-11H,1,4-7H2,2H3. The number of hydrogen-bond donors (Lipinski definition) is 0. The van der Waals surface area contributed by atoms with Gasteiger partial charge in [0.25, 0.3) is 0 Å². The smallest absolute Gasteiger partial charge is 0.413 e. The maximum atomic E-state index is 14.6. The molecule has 1 spiro atoms.